The van der Waals surface area contributed by atoms with Crippen molar-refractivity contribution in [3.8, 4) is 0 Å². The molecule has 1 fully saturated rings. The molecule has 2 amide bonds. The number of carbonyl (C=O) groups is 2. The molecule has 3 rings (SSSR count). The van der Waals surface area contributed by atoms with Gasteiger partial charge in [0.2, 0.25) is 5.91 Å². The van der Waals surface area contributed by atoms with Gasteiger partial charge >= 0.3 is 0 Å². The first kappa shape index (κ1) is 20.9. The summed E-state index contributed by atoms with van der Waals surface area (Å²) in [6, 6.07) is 9.09. The summed E-state index contributed by atoms with van der Waals surface area (Å²) in [5.74, 6) is -1.38. The second kappa shape index (κ2) is 9.60. The van der Waals surface area contributed by atoms with E-state index in [9.17, 15) is 14.0 Å². The average Bonchev–Trinajstić information content (AvgIpc) is 2.73. The zero-order chi connectivity index (χ0) is 20.8. The Morgan fingerprint density at radius 3 is 2.34 bits per heavy atom. The minimum Gasteiger partial charge on any atom is -0.340 e. The van der Waals surface area contributed by atoms with Crippen LogP contribution >= 0.6 is 0 Å². The van der Waals surface area contributed by atoms with Gasteiger partial charge in [0.1, 0.15) is 11.9 Å². The topological polar surface area (TPSA) is 65.5 Å². The first-order valence-electron chi connectivity index (χ1n) is 9.91. The van der Waals surface area contributed by atoms with Gasteiger partial charge in [-0.05, 0) is 35.7 Å². The molecule has 0 bridgehead atoms. The van der Waals surface area contributed by atoms with E-state index in [0.29, 0.717) is 13.1 Å². The third kappa shape index (κ3) is 5.38. The Hall–Kier alpha value is -2.80. The van der Waals surface area contributed by atoms with Gasteiger partial charge in [0.15, 0.2) is 0 Å². The zero-order valence-corrected chi connectivity index (χ0v) is 16.8. The molecule has 154 valence electrons. The number of piperazine rings is 1. The summed E-state index contributed by atoms with van der Waals surface area (Å²) in [6.45, 7) is 7.31. The lowest BCUT2D eigenvalue weighted by molar-refractivity contribution is -0.136. The van der Waals surface area contributed by atoms with E-state index in [4.69, 9.17) is 0 Å². The van der Waals surface area contributed by atoms with Gasteiger partial charge in [0.25, 0.3) is 5.91 Å². The SMILES string of the molecule is CC(C)C(NC(=O)c1ccccc1F)C(=O)N1CCN(Cc2ccncc2)CC1. The minimum atomic E-state index is -0.686. The molecular weight excluding hydrogens is 371 g/mol. The normalized spacial score (nSPS) is 15.9. The van der Waals surface area contributed by atoms with Crippen molar-refractivity contribution < 1.29 is 14.0 Å². The van der Waals surface area contributed by atoms with Crippen molar-refractivity contribution in [3.63, 3.8) is 0 Å². The number of halogens is 1. The highest BCUT2D eigenvalue weighted by Gasteiger charge is 2.31. The van der Waals surface area contributed by atoms with Crippen LogP contribution in [0.4, 0.5) is 4.39 Å². The third-order valence-corrected chi connectivity index (χ3v) is 5.18. The van der Waals surface area contributed by atoms with Crippen LogP contribution in [0, 0.1) is 11.7 Å². The first-order valence-corrected chi connectivity index (χ1v) is 9.91. The van der Waals surface area contributed by atoms with Crippen LogP contribution in [0.5, 0.6) is 0 Å². The number of benzene rings is 1. The van der Waals surface area contributed by atoms with Crippen LogP contribution in [0.15, 0.2) is 48.8 Å². The van der Waals surface area contributed by atoms with E-state index in [1.165, 1.54) is 23.8 Å². The van der Waals surface area contributed by atoms with Gasteiger partial charge in [0.05, 0.1) is 5.56 Å². The number of aromatic nitrogens is 1. The highest BCUT2D eigenvalue weighted by atomic mass is 19.1. The summed E-state index contributed by atoms with van der Waals surface area (Å²) in [7, 11) is 0. The summed E-state index contributed by atoms with van der Waals surface area (Å²) in [6.07, 6.45) is 3.56. The molecule has 2 heterocycles. The summed E-state index contributed by atoms with van der Waals surface area (Å²) in [5, 5.41) is 2.73. The lowest BCUT2D eigenvalue weighted by Gasteiger charge is -2.37. The fraction of sp³-hybridized carbons (Fsp3) is 0.409. The number of pyridine rings is 1. The molecule has 0 spiro atoms. The standard InChI is InChI=1S/C22H27FN4O2/c1-16(2)20(25-21(28)18-5-3-4-6-19(18)23)22(29)27-13-11-26(12-14-27)15-17-7-9-24-10-8-17/h3-10,16,20H,11-15H2,1-2H3,(H,25,28). The highest BCUT2D eigenvalue weighted by Crippen LogP contribution is 2.13. The van der Waals surface area contributed by atoms with Crippen molar-refractivity contribution in [1.82, 2.24) is 20.1 Å². The van der Waals surface area contributed by atoms with Crippen LogP contribution in [0.3, 0.4) is 0 Å². The van der Waals surface area contributed by atoms with Crippen molar-refractivity contribution >= 4 is 11.8 Å². The lowest BCUT2D eigenvalue weighted by atomic mass is 10.0. The highest BCUT2D eigenvalue weighted by molar-refractivity contribution is 5.97. The molecule has 0 saturated carbocycles. The van der Waals surface area contributed by atoms with Gasteiger partial charge in [-0.15, -0.1) is 0 Å². The van der Waals surface area contributed by atoms with E-state index in [0.717, 1.165) is 19.6 Å². The van der Waals surface area contributed by atoms with Gasteiger partial charge in [0, 0.05) is 45.1 Å². The fourth-order valence-electron chi connectivity index (χ4n) is 3.45. The molecule has 1 aromatic carbocycles. The largest absolute Gasteiger partial charge is 0.340 e. The molecule has 1 saturated heterocycles. The molecular formula is C22H27FN4O2. The molecule has 6 nitrogen and oxygen atoms in total. The van der Waals surface area contributed by atoms with Crippen molar-refractivity contribution in [2.75, 3.05) is 26.2 Å². The molecule has 1 unspecified atom stereocenters. The van der Waals surface area contributed by atoms with Crippen LogP contribution < -0.4 is 5.32 Å². The maximum absolute atomic E-state index is 13.9. The lowest BCUT2D eigenvalue weighted by Crippen LogP contribution is -2.56. The van der Waals surface area contributed by atoms with E-state index >= 15 is 0 Å². The Morgan fingerprint density at radius 2 is 1.72 bits per heavy atom. The van der Waals surface area contributed by atoms with Gasteiger partial charge in [-0.25, -0.2) is 4.39 Å². The first-order chi connectivity index (χ1) is 14.0. The van der Waals surface area contributed by atoms with E-state index in [2.05, 4.69) is 15.2 Å². The Kier molecular flexibility index (Phi) is 6.93. The molecule has 0 aliphatic carbocycles. The van der Waals surface area contributed by atoms with Crippen LogP contribution in [0.1, 0.15) is 29.8 Å². The number of carbonyl (C=O) groups excluding carboxylic acids is 2. The molecule has 1 N–H and O–H groups in total. The Bertz CT molecular complexity index is 836. The Morgan fingerprint density at radius 1 is 1.07 bits per heavy atom. The second-order valence-electron chi connectivity index (χ2n) is 7.63. The number of amides is 2. The monoisotopic (exact) mass is 398 g/mol. The summed E-state index contributed by atoms with van der Waals surface area (Å²) >= 11 is 0. The smallest absolute Gasteiger partial charge is 0.254 e. The van der Waals surface area contributed by atoms with Crippen molar-refractivity contribution in [1.29, 1.82) is 0 Å². The van der Waals surface area contributed by atoms with Crippen molar-refractivity contribution in [2.45, 2.75) is 26.4 Å². The molecule has 7 heteroatoms. The summed E-state index contributed by atoms with van der Waals surface area (Å²) in [5.41, 5.74) is 1.14. The van der Waals surface area contributed by atoms with E-state index in [1.807, 2.05) is 26.0 Å². The van der Waals surface area contributed by atoms with Gasteiger partial charge < -0.3 is 10.2 Å². The second-order valence-corrected chi connectivity index (χ2v) is 7.63. The van der Waals surface area contributed by atoms with Crippen molar-refractivity contribution in [3.05, 3.63) is 65.7 Å². The molecule has 1 aromatic heterocycles. The molecule has 2 aromatic rings. The minimum absolute atomic E-state index is 0.0480. The predicted octanol–water partition coefficient (Wildman–Crippen LogP) is 2.32. The molecule has 29 heavy (non-hydrogen) atoms. The quantitative estimate of drug-likeness (QED) is 0.811. The van der Waals surface area contributed by atoms with Crippen LogP contribution in [-0.4, -0.2) is 58.8 Å². The van der Waals surface area contributed by atoms with Crippen LogP contribution in [-0.2, 0) is 11.3 Å². The molecule has 1 aliphatic rings. The van der Waals surface area contributed by atoms with Crippen LogP contribution in [0.25, 0.3) is 0 Å². The average molecular weight is 398 g/mol. The number of nitrogens with one attached hydrogen (secondary N) is 1. The van der Waals surface area contributed by atoms with E-state index in [1.54, 1.807) is 23.4 Å². The predicted molar refractivity (Wildman–Crippen MR) is 109 cm³/mol. The number of hydrogen-bond donors (Lipinski definition) is 1. The Labute approximate surface area is 170 Å². The van der Waals surface area contributed by atoms with E-state index in [-0.39, 0.29) is 17.4 Å². The van der Waals surface area contributed by atoms with Gasteiger partial charge in [-0.2, -0.15) is 0 Å². The number of nitrogens with zero attached hydrogens (tertiary/aromatic N) is 3. The maximum Gasteiger partial charge on any atom is 0.254 e. The zero-order valence-electron chi connectivity index (χ0n) is 16.8. The third-order valence-electron chi connectivity index (χ3n) is 5.18. The van der Waals surface area contributed by atoms with Crippen LogP contribution in [0.2, 0.25) is 0 Å². The molecule has 0 radical (unpaired) electrons. The fourth-order valence-corrected chi connectivity index (χ4v) is 3.45. The maximum atomic E-state index is 13.9. The number of rotatable bonds is 6. The molecule has 1 aliphatic heterocycles. The molecule has 1 atom stereocenters. The number of hydrogen-bond acceptors (Lipinski definition) is 4. The Balaban J connectivity index is 1.58. The van der Waals surface area contributed by atoms with Crippen molar-refractivity contribution in [2.24, 2.45) is 5.92 Å². The van der Waals surface area contributed by atoms with Gasteiger partial charge in [-0.1, -0.05) is 26.0 Å². The summed E-state index contributed by atoms with van der Waals surface area (Å²) in [4.78, 5) is 33.6. The van der Waals surface area contributed by atoms with E-state index < -0.39 is 17.8 Å². The van der Waals surface area contributed by atoms with Gasteiger partial charge in [-0.3, -0.25) is 19.5 Å². The summed E-state index contributed by atoms with van der Waals surface area (Å²) < 4.78 is 13.9.